The molecule has 100 valence electrons. The summed E-state index contributed by atoms with van der Waals surface area (Å²) in [6.07, 6.45) is 5.53. The maximum Gasteiger partial charge on any atom is 0.378 e. The molecule has 0 aromatic carbocycles. The Hall–Kier alpha value is -1.43. The first kappa shape index (κ1) is 13.0. The summed E-state index contributed by atoms with van der Waals surface area (Å²) in [4.78, 5) is 15.8. The van der Waals surface area contributed by atoms with Gasteiger partial charge in [0.2, 0.25) is 0 Å². The third-order valence-corrected chi connectivity index (χ3v) is 3.65. The number of H-pyrrole nitrogens is 1. The number of rotatable bonds is 4. The number of carbonyl (C=O) groups excluding carboxylic acids is 1. The van der Waals surface area contributed by atoms with E-state index in [2.05, 4.69) is 15.2 Å². The predicted molar refractivity (Wildman–Crippen MR) is 66.2 cm³/mol. The molecule has 1 aliphatic rings. The van der Waals surface area contributed by atoms with Gasteiger partial charge < -0.3 is 10.5 Å². The molecule has 1 heterocycles. The molecule has 6 heteroatoms. The molecule has 3 N–H and O–H groups in total. The van der Waals surface area contributed by atoms with E-state index < -0.39 is 5.97 Å². The number of carbonyl (C=O) groups is 1. The van der Waals surface area contributed by atoms with E-state index >= 15 is 0 Å². The van der Waals surface area contributed by atoms with Crippen molar-refractivity contribution in [2.24, 2.45) is 5.73 Å². The van der Waals surface area contributed by atoms with Gasteiger partial charge in [-0.05, 0) is 19.8 Å². The van der Waals surface area contributed by atoms with Crippen molar-refractivity contribution in [2.45, 2.75) is 44.4 Å². The topological polar surface area (TPSA) is 93.9 Å². The van der Waals surface area contributed by atoms with Crippen LogP contribution in [0.2, 0.25) is 0 Å². The van der Waals surface area contributed by atoms with Gasteiger partial charge in [-0.3, -0.25) is 5.10 Å². The van der Waals surface area contributed by atoms with E-state index in [9.17, 15) is 4.79 Å². The molecule has 0 saturated heterocycles. The van der Waals surface area contributed by atoms with E-state index in [0.717, 1.165) is 31.5 Å². The number of nitrogens with two attached hydrogens (primary N) is 1. The largest absolute Gasteiger partial charge is 0.460 e. The van der Waals surface area contributed by atoms with Crippen LogP contribution in [0.3, 0.4) is 0 Å². The second-order valence-electron chi connectivity index (χ2n) is 4.77. The van der Waals surface area contributed by atoms with Gasteiger partial charge in [0.15, 0.2) is 0 Å². The van der Waals surface area contributed by atoms with Gasteiger partial charge >= 0.3 is 5.97 Å². The smallest absolute Gasteiger partial charge is 0.378 e. The lowest BCUT2D eigenvalue weighted by Crippen LogP contribution is -2.38. The average molecular weight is 252 g/mol. The van der Waals surface area contributed by atoms with Crippen LogP contribution >= 0.6 is 0 Å². The minimum Gasteiger partial charge on any atom is -0.460 e. The van der Waals surface area contributed by atoms with Crippen molar-refractivity contribution in [2.75, 3.05) is 13.2 Å². The van der Waals surface area contributed by atoms with Gasteiger partial charge in [0.25, 0.3) is 5.82 Å². The lowest BCUT2D eigenvalue weighted by molar-refractivity contribution is 0.0512. The molecule has 2 rings (SSSR count). The Morgan fingerprint density at radius 2 is 2.17 bits per heavy atom. The quantitative estimate of drug-likeness (QED) is 0.784. The molecular weight excluding hydrogens is 232 g/mol. The van der Waals surface area contributed by atoms with E-state index in [-0.39, 0.29) is 11.2 Å². The van der Waals surface area contributed by atoms with Gasteiger partial charge in [-0.15, -0.1) is 5.10 Å². The van der Waals surface area contributed by atoms with E-state index in [4.69, 9.17) is 10.5 Å². The van der Waals surface area contributed by atoms with Gasteiger partial charge in [-0.2, -0.15) is 0 Å². The van der Waals surface area contributed by atoms with E-state index in [0.29, 0.717) is 13.2 Å². The predicted octanol–water partition coefficient (Wildman–Crippen LogP) is 1.14. The number of nitrogens with one attached hydrogen (secondary N) is 1. The van der Waals surface area contributed by atoms with Crippen molar-refractivity contribution in [1.82, 2.24) is 15.2 Å². The number of ether oxygens (including phenoxy) is 1. The third-order valence-electron chi connectivity index (χ3n) is 3.65. The molecule has 1 fully saturated rings. The van der Waals surface area contributed by atoms with Gasteiger partial charge in [-0.25, -0.2) is 9.78 Å². The van der Waals surface area contributed by atoms with Gasteiger partial charge in [0.1, 0.15) is 5.82 Å². The van der Waals surface area contributed by atoms with Crippen LogP contribution in [-0.4, -0.2) is 34.3 Å². The van der Waals surface area contributed by atoms with Crippen LogP contribution < -0.4 is 5.73 Å². The maximum atomic E-state index is 11.5. The fourth-order valence-electron chi connectivity index (χ4n) is 2.55. The highest BCUT2D eigenvalue weighted by atomic mass is 16.5. The molecule has 0 radical (unpaired) electrons. The highest BCUT2D eigenvalue weighted by Crippen LogP contribution is 2.36. The third kappa shape index (κ3) is 2.38. The van der Waals surface area contributed by atoms with E-state index in [1.165, 1.54) is 6.42 Å². The molecule has 0 aliphatic heterocycles. The van der Waals surface area contributed by atoms with Crippen LogP contribution in [0.5, 0.6) is 0 Å². The van der Waals surface area contributed by atoms with Crippen molar-refractivity contribution in [3.8, 4) is 0 Å². The molecule has 0 amide bonds. The van der Waals surface area contributed by atoms with Crippen molar-refractivity contribution >= 4 is 5.97 Å². The standard InChI is InChI=1S/C12H20N4O2/c1-2-18-10(17)9-14-11(16-15-9)12(8-13)6-4-3-5-7-12/h2-8,13H2,1H3,(H,14,15,16). The van der Waals surface area contributed by atoms with Crippen LogP contribution in [0.15, 0.2) is 0 Å². The lowest BCUT2D eigenvalue weighted by Gasteiger charge is -2.33. The first-order chi connectivity index (χ1) is 8.72. The highest BCUT2D eigenvalue weighted by Gasteiger charge is 2.36. The van der Waals surface area contributed by atoms with Crippen molar-refractivity contribution < 1.29 is 9.53 Å². The second-order valence-corrected chi connectivity index (χ2v) is 4.77. The Balaban J connectivity index is 2.19. The van der Waals surface area contributed by atoms with E-state index in [1.807, 2.05) is 0 Å². The van der Waals surface area contributed by atoms with Crippen molar-refractivity contribution in [3.63, 3.8) is 0 Å². The Labute approximate surface area is 106 Å². The molecule has 0 bridgehead atoms. The van der Waals surface area contributed by atoms with Gasteiger partial charge in [0, 0.05) is 12.0 Å². The minimum absolute atomic E-state index is 0.102. The van der Waals surface area contributed by atoms with Gasteiger partial charge in [0.05, 0.1) is 6.61 Å². The number of aromatic amines is 1. The van der Waals surface area contributed by atoms with Crippen molar-refractivity contribution in [3.05, 3.63) is 11.6 Å². The number of esters is 1. The molecular formula is C12H20N4O2. The van der Waals surface area contributed by atoms with Gasteiger partial charge in [-0.1, -0.05) is 19.3 Å². The maximum absolute atomic E-state index is 11.5. The molecule has 0 spiro atoms. The molecule has 0 unspecified atom stereocenters. The first-order valence-corrected chi connectivity index (χ1v) is 6.52. The second kappa shape index (κ2) is 5.48. The monoisotopic (exact) mass is 252 g/mol. The summed E-state index contributed by atoms with van der Waals surface area (Å²) < 4.78 is 4.88. The van der Waals surface area contributed by atoms with Crippen molar-refractivity contribution in [1.29, 1.82) is 0 Å². The zero-order valence-corrected chi connectivity index (χ0v) is 10.7. The molecule has 1 aromatic rings. The Kier molecular flexibility index (Phi) is 3.96. The summed E-state index contributed by atoms with van der Waals surface area (Å²) in [6, 6.07) is 0. The Morgan fingerprint density at radius 1 is 1.44 bits per heavy atom. The number of nitrogens with zero attached hydrogens (tertiary/aromatic N) is 2. The molecule has 1 saturated carbocycles. The summed E-state index contributed by atoms with van der Waals surface area (Å²) in [7, 11) is 0. The minimum atomic E-state index is -0.483. The fraction of sp³-hybridized carbons (Fsp3) is 0.750. The molecule has 1 aromatic heterocycles. The molecule has 18 heavy (non-hydrogen) atoms. The summed E-state index contributed by atoms with van der Waals surface area (Å²) >= 11 is 0. The zero-order valence-electron chi connectivity index (χ0n) is 10.7. The van der Waals surface area contributed by atoms with E-state index in [1.54, 1.807) is 6.92 Å². The fourth-order valence-corrected chi connectivity index (χ4v) is 2.55. The lowest BCUT2D eigenvalue weighted by atomic mass is 9.73. The SMILES string of the molecule is CCOC(=O)c1n[nH]c(C2(CN)CCCCC2)n1. The van der Waals surface area contributed by atoms with Crippen LogP contribution in [0, 0.1) is 0 Å². The van der Waals surface area contributed by atoms with Crippen LogP contribution in [0.4, 0.5) is 0 Å². The van der Waals surface area contributed by atoms with Crippen LogP contribution in [0.25, 0.3) is 0 Å². The Bertz CT molecular complexity index is 410. The molecule has 0 atom stereocenters. The van der Waals surface area contributed by atoms with Crippen LogP contribution in [0.1, 0.15) is 55.5 Å². The average Bonchev–Trinajstić information content (AvgIpc) is 2.90. The molecule has 6 nitrogen and oxygen atoms in total. The summed E-state index contributed by atoms with van der Waals surface area (Å²) in [6.45, 7) is 2.61. The summed E-state index contributed by atoms with van der Waals surface area (Å²) in [5.74, 6) is 0.348. The molecule has 1 aliphatic carbocycles. The number of hydrogen-bond donors (Lipinski definition) is 2. The Morgan fingerprint density at radius 3 is 2.78 bits per heavy atom. The first-order valence-electron chi connectivity index (χ1n) is 6.52. The van der Waals surface area contributed by atoms with Crippen LogP contribution in [-0.2, 0) is 10.2 Å². The normalized spacial score (nSPS) is 18.6. The summed E-state index contributed by atoms with van der Waals surface area (Å²) in [5.41, 5.74) is 5.77. The number of aromatic nitrogens is 3. The zero-order chi connectivity index (χ0) is 13.0. The summed E-state index contributed by atoms with van der Waals surface area (Å²) in [5, 5.41) is 6.80. The number of hydrogen-bond acceptors (Lipinski definition) is 5. The highest BCUT2D eigenvalue weighted by molar-refractivity contribution is 5.84.